The fraction of sp³-hybridized carbons (Fsp3) is 0.176. The summed E-state index contributed by atoms with van der Waals surface area (Å²) >= 11 is 3.40. The van der Waals surface area contributed by atoms with Gasteiger partial charge in [0.05, 0.1) is 0 Å². The van der Waals surface area contributed by atoms with Gasteiger partial charge in [-0.3, -0.25) is 9.59 Å². The van der Waals surface area contributed by atoms with E-state index in [9.17, 15) is 9.59 Å². The first-order valence-corrected chi connectivity index (χ1v) is 7.37. The van der Waals surface area contributed by atoms with Gasteiger partial charge in [0, 0.05) is 15.6 Å². The van der Waals surface area contributed by atoms with Crippen molar-refractivity contribution in [2.45, 2.75) is 12.8 Å². The average Bonchev–Trinajstić information content (AvgIpc) is 2.89. The Labute approximate surface area is 124 Å². The number of hydrogen-bond donors (Lipinski definition) is 0. The Morgan fingerprint density at radius 3 is 2.25 bits per heavy atom. The van der Waals surface area contributed by atoms with Crippen LogP contribution >= 0.6 is 15.9 Å². The molecule has 0 saturated heterocycles. The van der Waals surface area contributed by atoms with Gasteiger partial charge in [-0.2, -0.15) is 0 Å². The molecule has 2 aliphatic carbocycles. The number of Topliss-reactive ketones (excluding diaryl/α,β-unsaturated/α-hetero) is 2. The van der Waals surface area contributed by atoms with E-state index in [2.05, 4.69) is 15.9 Å². The van der Waals surface area contributed by atoms with Crippen LogP contribution in [0.4, 0.5) is 0 Å². The maximum Gasteiger partial charge on any atom is 0.177 e. The molecule has 20 heavy (non-hydrogen) atoms. The van der Waals surface area contributed by atoms with E-state index in [1.165, 1.54) is 0 Å². The molecule has 1 unspecified atom stereocenters. The molecule has 4 rings (SSSR count). The third-order valence-electron chi connectivity index (χ3n) is 4.43. The summed E-state index contributed by atoms with van der Waals surface area (Å²) in [6.45, 7) is 0. The molecule has 2 aromatic rings. The van der Waals surface area contributed by atoms with Crippen LogP contribution in [0.5, 0.6) is 0 Å². The molecule has 1 atom stereocenters. The van der Waals surface area contributed by atoms with Crippen LogP contribution in [-0.4, -0.2) is 11.6 Å². The highest BCUT2D eigenvalue weighted by Gasteiger charge is 2.55. The van der Waals surface area contributed by atoms with Gasteiger partial charge in [-0.1, -0.05) is 46.3 Å². The molecule has 0 amide bonds. The van der Waals surface area contributed by atoms with Crippen LogP contribution < -0.4 is 0 Å². The van der Waals surface area contributed by atoms with Crippen molar-refractivity contribution in [1.29, 1.82) is 0 Å². The lowest BCUT2D eigenvalue weighted by molar-refractivity contribution is 0.0705. The van der Waals surface area contributed by atoms with E-state index >= 15 is 0 Å². The highest BCUT2D eigenvalue weighted by Crippen LogP contribution is 2.47. The minimum absolute atomic E-state index is 0.00887. The third-order valence-corrected chi connectivity index (χ3v) is 4.93. The maximum absolute atomic E-state index is 12.8. The quantitative estimate of drug-likeness (QED) is 0.693. The second-order valence-electron chi connectivity index (χ2n) is 5.55. The molecule has 0 radical (unpaired) electrons. The van der Waals surface area contributed by atoms with E-state index in [1.807, 2.05) is 42.5 Å². The molecule has 98 valence electrons. The summed E-state index contributed by atoms with van der Waals surface area (Å²) in [4.78, 5) is 25.6. The van der Waals surface area contributed by atoms with Gasteiger partial charge in [-0.15, -0.1) is 0 Å². The van der Waals surface area contributed by atoms with E-state index in [-0.39, 0.29) is 11.6 Å². The molecule has 2 aliphatic rings. The highest BCUT2D eigenvalue weighted by atomic mass is 79.9. The van der Waals surface area contributed by atoms with Crippen molar-refractivity contribution in [2.75, 3.05) is 0 Å². The van der Waals surface area contributed by atoms with Crippen molar-refractivity contribution in [1.82, 2.24) is 0 Å². The molecule has 2 aromatic carbocycles. The van der Waals surface area contributed by atoms with Crippen molar-refractivity contribution < 1.29 is 9.59 Å². The number of carbonyl (C=O) groups is 2. The summed E-state index contributed by atoms with van der Waals surface area (Å²) in [5, 5.41) is 0. The lowest BCUT2D eigenvalue weighted by Gasteiger charge is -2.18. The number of carbonyl (C=O) groups excluding carboxylic acids is 2. The minimum Gasteiger partial charge on any atom is -0.293 e. The van der Waals surface area contributed by atoms with E-state index < -0.39 is 5.41 Å². The highest BCUT2D eigenvalue weighted by molar-refractivity contribution is 9.10. The molecular formula is C17H11BrO2. The lowest BCUT2D eigenvalue weighted by Crippen LogP contribution is -2.34. The number of ketones is 2. The molecule has 2 nitrogen and oxygen atoms in total. The Balaban J connectivity index is 1.87. The third kappa shape index (κ3) is 1.39. The van der Waals surface area contributed by atoms with Crippen molar-refractivity contribution in [3.63, 3.8) is 0 Å². The molecule has 0 bridgehead atoms. The monoisotopic (exact) mass is 326 g/mol. The van der Waals surface area contributed by atoms with Crippen LogP contribution in [0, 0.1) is 5.41 Å². The first kappa shape index (κ1) is 12.0. The standard InChI is InChI=1S/C17H11BrO2/c18-12-6-5-11-9-17(16(20)14(11)7-12)8-10-3-1-2-4-13(10)15(17)19/h1-7H,8-9H2. The second-order valence-corrected chi connectivity index (χ2v) is 6.47. The topological polar surface area (TPSA) is 34.1 Å². The van der Waals surface area contributed by atoms with Gasteiger partial charge in [0.15, 0.2) is 11.6 Å². The van der Waals surface area contributed by atoms with E-state index in [0.29, 0.717) is 24.0 Å². The Morgan fingerprint density at radius 1 is 0.850 bits per heavy atom. The van der Waals surface area contributed by atoms with Crippen LogP contribution in [-0.2, 0) is 12.8 Å². The van der Waals surface area contributed by atoms with E-state index in [1.54, 1.807) is 0 Å². The van der Waals surface area contributed by atoms with E-state index in [4.69, 9.17) is 0 Å². The number of benzene rings is 2. The molecule has 3 heteroatoms. The molecule has 0 fully saturated rings. The van der Waals surface area contributed by atoms with Crippen molar-refractivity contribution in [2.24, 2.45) is 5.41 Å². The van der Waals surface area contributed by atoms with Gasteiger partial charge >= 0.3 is 0 Å². The predicted octanol–water partition coefficient (Wildman–Crippen LogP) is 3.61. The van der Waals surface area contributed by atoms with Crippen molar-refractivity contribution in [3.8, 4) is 0 Å². The Kier molecular flexibility index (Phi) is 2.34. The molecule has 1 spiro atoms. The summed E-state index contributed by atoms with van der Waals surface area (Å²) in [5.41, 5.74) is 2.51. The summed E-state index contributed by atoms with van der Waals surface area (Å²) in [6, 6.07) is 13.3. The number of hydrogen-bond acceptors (Lipinski definition) is 2. The van der Waals surface area contributed by atoms with Gasteiger partial charge in [-0.05, 0) is 36.1 Å². The van der Waals surface area contributed by atoms with E-state index in [0.717, 1.165) is 15.6 Å². The minimum atomic E-state index is -0.882. The Hall–Kier alpha value is -1.74. The smallest absolute Gasteiger partial charge is 0.177 e. The SMILES string of the molecule is O=C1c2ccccc2CC12Cc1ccc(Br)cc1C2=O. The van der Waals surface area contributed by atoms with Gasteiger partial charge < -0.3 is 0 Å². The normalized spacial score (nSPS) is 23.2. The maximum atomic E-state index is 12.8. The number of rotatable bonds is 0. The zero-order valence-electron chi connectivity index (χ0n) is 10.7. The fourth-order valence-electron chi connectivity index (χ4n) is 3.46. The summed E-state index contributed by atoms with van der Waals surface area (Å²) in [7, 11) is 0. The van der Waals surface area contributed by atoms with Crippen LogP contribution in [0.15, 0.2) is 46.9 Å². The molecule has 0 aliphatic heterocycles. The molecule has 0 aromatic heterocycles. The lowest BCUT2D eigenvalue weighted by atomic mass is 9.80. The second kappa shape index (κ2) is 3.89. The zero-order valence-corrected chi connectivity index (χ0v) is 12.2. The molecule has 0 saturated carbocycles. The van der Waals surface area contributed by atoms with Crippen molar-refractivity contribution in [3.05, 3.63) is 69.2 Å². The summed E-state index contributed by atoms with van der Waals surface area (Å²) < 4.78 is 0.879. The average molecular weight is 327 g/mol. The molecule has 0 heterocycles. The van der Waals surface area contributed by atoms with Gasteiger partial charge in [0.2, 0.25) is 0 Å². The van der Waals surface area contributed by atoms with Gasteiger partial charge in [-0.25, -0.2) is 0 Å². The molecule has 0 N–H and O–H groups in total. The Morgan fingerprint density at radius 2 is 1.50 bits per heavy atom. The Bertz CT molecular complexity index is 778. The van der Waals surface area contributed by atoms with Crippen LogP contribution in [0.3, 0.4) is 0 Å². The number of halogens is 1. The fourth-order valence-corrected chi connectivity index (χ4v) is 3.82. The first-order chi connectivity index (χ1) is 9.62. The summed E-state index contributed by atoms with van der Waals surface area (Å²) in [5.74, 6) is -0.0274. The van der Waals surface area contributed by atoms with Crippen LogP contribution in [0.2, 0.25) is 0 Å². The first-order valence-electron chi connectivity index (χ1n) is 6.58. The van der Waals surface area contributed by atoms with Crippen molar-refractivity contribution >= 4 is 27.5 Å². The van der Waals surface area contributed by atoms with Crippen LogP contribution in [0.1, 0.15) is 31.8 Å². The van der Waals surface area contributed by atoms with Gasteiger partial charge in [0.1, 0.15) is 5.41 Å². The van der Waals surface area contributed by atoms with Gasteiger partial charge in [0.25, 0.3) is 0 Å². The largest absolute Gasteiger partial charge is 0.293 e. The predicted molar refractivity (Wildman–Crippen MR) is 79.1 cm³/mol. The summed E-state index contributed by atoms with van der Waals surface area (Å²) in [6.07, 6.45) is 1.06. The molecular weight excluding hydrogens is 316 g/mol. The zero-order chi connectivity index (χ0) is 13.9. The number of fused-ring (bicyclic) bond motifs is 2. The van der Waals surface area contributed by atoms with Crippen LogP contribution in [0.25, 0.3) is 0 Å².